The fourth-order valence-electron chi connectivity index (χ4n) is 4.86. The van der Waals surface area contributed by atoms with Gasteiger partial charge in [0.1, 0.15) is 11.8 Å². The molecule has 1 aliphatic carbocycles. The molecule has 37 heavy (non-hydrogen) atoms. The van der Waals surface area contributed by atoms with Gasteiger partial charge in [-0.1, -0.05) is 38.0 Å². The number of amides is 2. The first-order valence-electron chi connectivity index (χ1n) is 13.6. The monoisotopic (exact) mass is 510 g/mol. The molecule has 0 heterocycles. The largest absolute Gasteiger partial charge is 0.497 e. The SMILES string of the molecule is CCOc1ccc(CCC(=O)N(Cc2ccc(OC)cc2)C(CC)C(=O)NC2CCCC2)cc1OCC. The molecule has 1 fully saturated rings. The second-order valence-electron chi connectivity index (χ2n) is 9.43. The van der Waals surface area contributed by atoms with Crippen molar-refractivity contribution in [2.75, 3.05) is 20.3 Å². The first-order valence-corrected chi connectivity index (χ1v) is 13.6. The van der Waals surface area contributed by atoms with E-state index in [-0.39, 0.29) is 17.9 Å². The lowest BCUT2D eigenvalue weighted by atomic mass is 10.0. The van der Waals surface area contributed by atoms with E-state index in [1.807, 2.05) is 63.2 Å². The van der Waals surface area contributed by atoms with Gasteiger partial charge in [-0.25, -0.2) is 0 Å². The van der Waals surface area contributed by atoms with E-state index in [4.69, 9.17) is 14.2 Å². The summed E-state index contributed by atoms with van der Waals surface area (Å²) in [6, 6.07) is 13.2. The van der Waals surface area contributed by atoms with Gasteiger partial charge in [0, 0.05) is 19.0 Å². The number of aryl methyl sites for hydroxylation is 1. The van der Waals surface area contributed by atoms with Gasteiger partial charge in [0.25, 0.3) is 0 Å². The molecule has 0 spiro atoms. The maximum Gasteiger partial charge on any atom is 0.243 e. The summed E-state index contributed by atoms with van der Waals surface area (Å²) in [4.78, 5) is 28.7. The summed E-state index contributed by atoms with van der Waals surface area (Å²) in [5, 5.41) is 3.20. The van der Waals surface area contributed by atoms with Gasteiger partial charge in [-0.2, -0.15) is 0 Å². The minimum absolute atomic E-state index is 0.0453. The summed E-state index contributed by atoms with van der Waals surface area (Å²) in [7, 11) is 1.63. The van der Waals surface area contributed by atoms with Gasteiger partial charge >= 0.3 is 0 Å². The first-order chi connectivity index (χ1) is 18.0. The average molecular weight is 511 g/mol. The van der Waals surface area contributed by atoms with E-state index < -0.39 is 6.04 Å². The van der Waals surface area contributed by atoms with E-state index in [0.717, 1.165) is 42.6 Å². The molecule has 7 nitrogen and oxygen atoms in total. The number of benzene rings is 2. The van der Waals surface area contributed by atoms with Gasteiger partial charge in [-0.15, -0.1) is 0 Å². The number of carbonyl (C=O) groups is 2. The molecule has 7 heteroatoms. The molecule has 2 aromatic rings. The van der Waals surface area contributed by atoms with Crippen LogP contribution in [0.2, 0.25) is 0 Å². The highest BCUT2D eigenvalue weighted by Gasteiger charge is 2.30. The molecule has 3 rings (SSSR count). The minimum atomic E-state index is -0.519. The number of hydrogen-bond donors (Lipinski definition) is 1. The summed E-state index contributed by atoms with van der Waals surface area (Å²) in [6.07, 6.45) is 5.69. The van der Waals surface area contributed by atoms with Crippen molar-refractivity contribution in [1.82, 2.24) is 10.2 Å². The summed E-state index contributed by atoms with van der Waals surface area (Å²) in [6.45, 7) is 7.30. The van der Waals surface area contributed by atoms with Gasteiger partial charge in [-0.3, -0.25) is 9.59 Å². The molecule has 1 unspecified atom stereocenters. The van der Waals surface area contributed by atoms with E-state index in [0.29, 0.717) is 50.5 Å². The molecule has 1 saturated carbocycles. The van der Waals surface area contributed by atoms with Crippen LogP contribution in [0.5, 0.6) is 17.2 Å². The Balaban J connectivity index is 1.77. The van der Waals surface area contributed by atoms with Gasteiger partial charge in [0.05, 0.1) is 20.3 Å². The Bertz CT molecular complexity index is 1000. The Hall–Kier alpha value is -3.22. The maximum atomic E-state index is 13.6. The smallest absolute Gasteiger partial charge is 0.243 e. The molecule has 1 atom stereocenters. The number of ether oxygens (including phenoxy) is 3. The van der Waals surface area contributed by atoms with Crippen LogP contribution in [0.4, 0.5) is 0 Å². The topological polar surface area (TPSA) is 77.1 Å². The van der Waals surface area contributed by atoms with Crippen LogP contribution < -0.4 is 19.5 Å². The summed E-state index contributed by atoms with van der Waals surface area (Å²) in [5.74, 6) is 2.04. The molecule has 0 aliphatic heterocycles. The Morgan fingerprint density at radius 2 is 1.59 bits per heavy atom. The third-order valence-electron chi connectivity index (χ3n) is 6.83. The molecule has 1 aliphatic rings. The molecular weight excluding hydrogens is 468 g/mol. The van der Waals surface area contributed by atoms with Crippen molar-refractivity contribution in [3.8, 4) is 17.2 Å². The number of methoxy groups -OCH3 is 1. The van der Waals surface area contributed by atoms with E-state index in [2.05, 4.69) is 5.32 Å². The van der Waals surface area contributed by atoms with Crippen LogP contribution >= 0.6 is 0 Å². The van der Waals surface area contributed by atoms with Gasteiger partial charge < -0.3 is 24.4 Å². The third-order valence-corrected chi connectivity index (χ3v) is 6.83. The molecule has 0 saturated heterocycles. The van der Waals surface area contributed by atoms with Crippen molar-refractivity contribution in [2.24, 2.45) is 0 Å². The fraction of sp³-hybridized carbons (Fsp3) is 0.533. The zero-order valence-electron chi connectivity index (χ0n) is 22.8. The van der Waals surface area contributed by atoms with Crippen molar-refractivity contribution in [1.29, 1.82) is 0 Å². The molecule has 1 N–H and O–H groups in total. The van der Waals surface area contributed by atoms with Crippen LogP contribution in [-0.4, -0.2) is 49.1 Å². The number of nitrogens with zero attached hydrogens (tertiary/aromatic N) is 1. The molecule has 2 aromatic carbocycles. The quantitative estimate of drug-likeness (QED) is 0.374. The van der Waals surface area contributed by atoms with Gasteiger partial charge in [0.2, 0.25) is 11.8 Å². The first kappa shape index (κ1) is 28.4. The maximum absolute atomic E-state index is 13.6. The number of carbonyl (C=O) groups excluding carboxylic acids is 2. The van der Waals surface area contributed by atoms with Crippen molar-refractivity contribution in [3.05, 3.63) is 53.6 Å². The van der Waals surface area contributed by atoms with Gasteiger partial charge in [0.15, 0.2) is 11.5 Å². The van der Waals surface area contributed by atoms with Crippen LogP contribution in [0.3, 0.4) is 0 Å². The number of rotatable bonds is 14. The van der Waals surface area contributed by atoms with Crippen LogP contribution in [0.1, 0.15) is 70.4 Å². The van der Waals surface area contributed by atoms with Crippen molar-refractivity contribution in [3.63, 3.8) is 0 Å². The van der Waals surface area contributed by atoms with Crippen LogP contribution in [0, 0.1) is 0 Å². The summed E-state index contributed by atoms with van der Waals surface area (Å²) < 4.78 is 16.7. The average Bonchev–Trinajstić information content (AvgIpc) is 3.42. The second-order valence-corrected chi connectivity index (χ2v) is 9.43. The van der Waals surface area contributed by atoms with Crippen LogP contribution in [-0.2, 0) is 22.6 Å². The van der Waals surface area contributed by atoms with Crippen LogP contribution in [0.25, 0.3) is 0 Å². The number of hydrogen-bond acceptors (Lipinski definition) is 5. The lowest BCUT2D eigenvalue weighted by Crippen LogP contribution is -2.51. The lowest BCUT2D eigenvalue weighted by molar-refractivity contribution is -0.141. The van der Waals surface area contributed by atoms with Crippen molar-refractivity contribution >= 4 is 11.8 Å². The van der Waals surface area contributed by atoms with E-state index in [1.54, 1.807) is 12.0 Å². The predicted octanol–water partition coefficient (Wildman–Crippen LogP) is 5.29. The third kappa shape index (κ3) is 8.14. The normalized spacial score (nSPS) is 14.2. The zero-order valence-corrected chi connectivity index (χ0v) is 22.8. The van der Waals surface area contributed by atoms with Crippen LogP contribution in [0.15, 0.2) is 42.5 Å². The van der Waals surface area contributed by atoms with E-state index >= 15 is 0 Å². The molecule has 0 radical (unpaired) electrons. The minimum Gasteiger partial charge on any atom is -0.497 e. The Labute approximate surface area is 221 Å². The van der Waals surface area contributed by atoms with E-state index in [9.17, 15) is 9.59 Å². The molecular formula is C30H42N2O5. The van der Waals surface area contributed by atoms with Gasteiger partial charge in [-0.05, 0) is 74.9 Å². The summed E-state index contributed by atoms with van der Waals surface area (Å²) >= 11 is 0. The predicted molar refractivity (Wildman–Crippen MR) is 145 cm³/mol. The summed E-state index contributed by atoms with van der Waals surface area (Å²) in [5.41, 5.74) is 1.95. The van der Waals surface area contributed by atoms with Crippen molar-refractivity contribution in [2.45, 2.75) is 84.3 Å². The second kappa shape index (κ2) is 14.5. The number of nitrogens with one attached hydrogen (secondary N) is 1. The lowest BCUT2D eigenvalue weighted by Gasteiger charge is -2.31. The standard InChI is InChI=1S/C30H42N2O5/c1-5-26(30(34)31-24-10-8-9-11-24)32(21-23-12-16-25(35-4)17-13-23)29(33)19-15-22-14-18-27(36-6-2)28(20-22)37-7-3/h12-14,16-18,20,24,26H,5-11,15,19,21H2,1-4H3,(H,31,34). The molecule has 0 aromatic heterocycles. The molecule has 202 valence electrons. The highest BCUT2D eigenvalue weighted by molar-refractivity contribution is 5.88. The van der Waals surface area contributed by atoms with Crippen molar-refractivity contribution < 1.29 is 23.8 Å². The zero-order chi connectivity index (χ0) is 26.6. The Kier molecular flexibility index (Phi) is 11.1. The highest BCUT2D eigenvalue weighted by Crippen LogP contribution is 2.29. The Morgan fingerprint density at radius 3 is 2.22 bits per heavy atom. The Morgan fingerprint density at radius 1 is 0.946 bits per heavy atom. The van der Waals surface area contributed by atoms with E-state index in [1.165, 1.54) is 0 Å². The highest BCUT2D eigenvalue weighted by atomic mass is 16.5. The molecule has 0 bridgehead atoms. The molecule has 2 amide bonds. The fourth-order valence-corrected chi connectivity index (χ4v) is 4.86.